The van der Waals surface area contributed by atoms with Crippen LogP contribution in [0.3, 0.4) is 0 Å². The van der Waals surface area contributed by atoms with Crippen molar-refractivity contribution in [1.82, 2.24) is 4.90 Å². The number of hydrogen-bond donors (Lipinski definition) is 1. The van der Waals surface area contributed by atoms with E-state index in [1.807, 2.05) is 0 Å². The molecule has 1 N–H and O–H groups in total. The second-order valence-electron chi connectivity index (χ2n) is 4.78. The Morgan fingerprint density at radius 2 is 2.00 bits per heavy atom. The Morgan fingerprint density at radius 1 is 1.32 bits per heavy atom. The summed E-state index contributed by atoms with van der Waals surface area (Å²) in [5.74, 6) is -1.30. The molecule has 1 heterocycles. The standard InChI is InChI=1S/C14H16FNO3/c15-11-5-3-10(4-6-11)8-13(17)16-7-1-2-12(16)9-14(18)19/h3-6,12H,1-2,7-9H2,(H,18,19). The molecule has 5 heteroatoms. The maximum absolute atomic E-state index is 12.8. The van der Waals surface area contributed by atoms with Crippen LogP contribution >= 0.6 is 0 Å². The Morgan fingerprint density at radius 3 is 2.63 bits per heavy atom. The number of benzene rings is 1. The topological polar surface area (TPSA) is 57.6 Å². The smallest absolute Gasteiger partial charge is 0.305 e. The molecule has 1 unspecified atom stereocenters. The predicted octanol–water partition coefficient (Wildman–Crippen LogP) is 1.83. The average molecular weight is 265 g/mol. The molecular formula is C14H16FNO3. The van der Waals surface area contributed by atoms with Crippen LogP contribution < -0.4 is 0 Å². The minimum Gasteiger partial charge on any atom is -0.481 e. The van der Waals surface area contributed by atoms with Crippen LogP contribution in [0.25, 0.3) is 0 Å². The number of likely N-dealkylation sites (tertiary alicyclic amines) is 1. The zero-order chi connectivity index (χ0) is 13.8. The summed E-state index contributed by atoms with van der Waals surface area (Å²) >= 11 is 0. The zero-order valence-corrected chi connectivity index (χ0v) is 10.5. The van der Waals surface area contributed by atoms with Gasteiger partial charge in [-0.15, -0.1) is 0 Å². The van der Waals surface area contributed by atoms with Crippen molar-refractivity contribution >= 4 is 11.9 Å². The molecule has 1 aromatic rings. The highest BCUT2D eigenvalue weighted by Gasteiger charge is 2.30. The highest BCUT2D eigenvalue weighted by molar-refractivity contribution is 5.80. The normalized spacial score (nSPS) is 18.6. The van der Waals surface area contributed by atoms with E-state index in [-0.39, 0.29) is 30.6 Å². The average Bonchev–Trinajstić information content (AvgIpc) is 2.79. The minimum atomic E-state index is -0.883. The van der Waals surface area contributed by atoms with Gasteiger partial charge in [-0.25, -0.2) is 4.39 Å². The summed E-state index contributed by atoms with van der Waals surface area (Å²) in [6, 6.07) is 5.60. The van der Waals surface area contributed by atoms with E-state index in [1.54, 1.807) is 17.0 Å². The molecule has 0 aliphatic carbocycles. The maximum Gasteiger partial charge on any atom is 0.305 e. The van der Waals surface area contributed by atoms with E-state index >= 15 is 0 Å². The summed E-state index contributed by atoms with van der Waals surface area (Å²) in [6.45, 7) is 0.609. The van der Waals surface area contributed by atoms with Gasteiger partial charge in [0.05, 0.1) is 12.8 Å². The van der Waals surface area contributed by atoms with Crippen LogP contribution in [0, 0.1) is 5.82 Å². The molecule has 0 saturated carbocycles. The summed E-state index contributed by atoms with van der Waals surface area (Å²) in [6.07, 6.45) is 1.76. The van der Waals surface area contributed by atoms with Gasteiger partial charge in [-0.05, 0) is 30.5 Å². The second kappa shape index (κ2) is 5.82. The third-order valence-corrected chi connectivity index (χ3v) is 3.38. The van der Waals surface area contributed by atoms with E-state index in [0.717, 1.165) is 18.4 Å². The number of aliphatic carboxylic acids is 1. The Hall–Kier alpha value is -1.91. The van der Waals surface area contributed by atoms with Gasteiger partial charge in [-0.2, -0.15) is 0 Å². The summed E-state index contributed by atoms with van der Waals surface area (Å²) < 4.78 is 12.8. The summed E-state index contributed by atoms with van der Waals surface area (Å²) in [5, 5.41) is 8.81. The number of amides is 1. The Labute approximate surface area is 110 Å². The zero-order valence-electron chi connectivity index (χ0n) is 10.5. The summed E-state index contributed by atoms with van der Waals surface area (Å²) in [7, 11) is 0. The van der Waals surface area contributed by atoms with Gasteiger partial charge in [0.2, 0.25) is 5.91 Å². The molecule has 0 bridgehead atoms. The Balaban J connectivity index is 1.98. The predicted molar refractivity (Wildman–Crippen MR) is 67.1 cm³/mol. The number of nitrogens with zero attached hydrogens (tertiary/aromatic N) is 1. The molecule has 1 atom stereocenters. The number of hydrogen-bond acceptors (Lipinski definition) is 2. The van der Waals surface area contributed by atoms with Crippen LogP contribution in [0.1, 0.15) is 24.8 Å². The first-order chi connectivity index (χ1) is 9.06. The van der Waals surface area contributed by atoms with Crippen LogP contribution in [0.15, 0.2) is 24.3 Å². The van der Waals surface area contributed by atoms with Gasteiger partial charge in [0.1, 0.15) is 5.82 Å². The van der Waals surface area contributed by atoms with Crippen molar-refractivity contribution in [2.75, 3.05) is 6.54 Å². The monoisotopic (exact) mass is 265 g/mol. The van der Waals surface area contributed by atoms with Gasteiger partial charge >= 0.3 is 5.97 Å². The fourth-order valence-corrected chi connectivity index (χ4v) is 2.46. The van der Waals surface area contributed by atoms with Crippen LogP contribution in [-0.4, -0.2) is 34.5 Å². The van der Waals surface area contributed by atoms with Crippen molar-refractivity contribution in [1.29, 1.82) is 0 Å². The van der Waals surface area contributed by atoms with Crippen molar-refractivity contribution < 1.29 is 19.1 Å². The van der Waals surface area contributed by atoms with Gasteiger partial charge in [0.15, 0.2) is 0 Å². The molecule has 19 heavy (non-hydrogen) atoms. The fraction of sp³-hybridized carbons (Fsp3) is 0.429. The molecule has 1 saturated heterocycles. The number of carbonyl (C=O) groups excluding carboxylic acids is 1. The third-order valence-electron chi connectivity index (χ3n) is 3.38. The Kier molecular flexibility index (Phi) is 4.14. The lowest BCUT2D eigenvalue weighted by atomic mass is 10.1. The maximum atomic E-state index is 12.8. The van der Waals surface area contributed by atoms with Crippen molar-refractivity contribution in [2.45, 2.75) is 31.7 Å². The Bertz CT molecular complexity index is 472. The number of carbonyl (C=O) groups is 2. The minimum absolute atomic E-state index is 0.00480. The first-order valence-corrected chi connectivity index (χ1v) is 6.32. The van der Waals surface area contributed by atoms with Crippen LogP contribution in [0.5, 0.6) is 0 Å². The lowest BCUT2D eigenvalue weighted by Crippen LogP contribution is -2.37. The van der Waals surface area contributed by atoms with E-state index < -0.39 is 5.97 Å². The summed E-state index contributed by atoms with van der Waals surface area (Å²) in [4.78, 5) is 24.5. The lowest BCUT2D eigenvalue weighted by Gasteiger charge is -2.23. The van der Waals surface area contributed by atoms with Crippen LogP contribution in [0.2, 0.25) is 0 Å². The molecule has 0 spiro atoms. The first kappa shape index (κ1) is 13.5. The molecule has 0 radical (unpaired) electrons. The fourth-order valence-electron chi connectivity index (χ4n) is 2.46. The SMILES string of the molecule is O=C(O)CC1CCCN1C(=O)Cc1ccc(F)cc1. The van der Waals surface area contributed by atoms with E-state index in [9.17, 15) is 14.0 Å². The molecule has 4 nitrogen and oxygen atoms in total. The van der Waals surface area contributed by atoms with E-state index in [0.29, 0.717) is 6.54 Å². The molecule has 1 aliphatic heterocycles. The van der Waals surface area contributed by atoms with Crippen LogP contribution in [-0.2, 0) is 16.0 Å². The number of carboxylic acid groups (broad SMARTS) is 1. The molecule has 102 valence electrons. The van der Waals surface area contributed by atoms with Crippen molar-refractivity contribution in [3.63, 3.8) is 0 Å². The van der Waals surface area contributed by atoms with Crippen molar-refractivity contribution in [3.05, 3.63) is 35.6 Å². The summed E-state index contributed by atoms with van der Waals surface area (Å²) in [5.41, 5.74) is 0.743. The number of carboxylic acids is 1. The first-order valence-electron chi connectivity index (χ1n) is 6.32. The van der Waals surface area contributed by atoms with Crippen LogP contribution in [0.4, 0.5) is 4.39 Å². The molecule has 1 aliphatic rings. The quantitative estimate of drug-likeness (QED) is 0.903. The van der Waals surface area contributed by atoms with Crippen molar-refractivity contribution in [2.24, 2.45) is 0 Å². The number of halogens is 1. The van der Waals surface area contributed by atoms with E-state index in [1.165, 1.54) is 12.1 Å². The molecule has 1 fully saturated rings. The molecule has 0 aromatic heterocycles. The van der Waals surface area contributed by atoms with Gasteiger partial charge < -0.3 is 10.0 Å². The largest absolute Gasteiger partial charge is 0.481 e. The van der Waals surface area contributed by atoms with E-state index in [2.05, 4.69) is 0 Å². The highest BCUT2D eigenvalue weighted by Crippen LogP contribution is 2.21. The molecule has 1 aromatic carbocycles. The third kappa shape index (κ3) is 3.53. The molecule has 1 amide bonds. The molecular weight excluding hydrogens is 249 g/mol. The van der Waals surface area contributed by atoms with Gasteiger partial charge in [0.25, 0.3) is 0 Å². The van der Waals surface area contributed by atoms with Gasteiger partial charge in [-0.1, -0.05) is 12.1 Å². The highest BCUT2D eigenvalue weighted by atomic mass is 19.1. The van der Waals surface area contributed by atoms with Crippen molar-refractivity contribution in [3.8, 4) is 0 Å². The lowest BCUT2D eigenvalue weighted by molar-refractivity contribution is -0.139. The molecule has 2 rings (SSSR count). The van der Waals surface area contributed by atoms with Gasteiger partial charge in [-0.3, -0.25) is 9.59 Å². The van der Waals surface area contributed by atoms with Gasteiger partial charge in [0, 0.05) is 12.6 Å². The second-order valence-corrected chi connectivity index (χ2v) is 4.78. The number of rotatable bonds is 4. The van der Waals surface area contributed by atoms with E-state index in [4.69, 9.17) is 5.11 Å².